The largest absolute Gasteiger partial charge is 0.0625 e. The lowest BCUT2D eigenvalue weighted by Gasteiger charge is -2.41. The molecule has 4 rings (SSSR count). The number of benzene rings is 2. The lowest BCUT2D eigenvalue weighted by atomic mass is 9.64. The second-order valence-corrected chi connectivity index (χ2v) is 8.62. The van der Waals surface area contributed by atoms with Gasteiger partial charge in [-0.25, -0.2) is 0 Å². The first-order chi connectivity index (χ1) is 12.2. The molecule has 0 bridgehead atoms. The van der Waals surface area contributed by atoms with E-state index in [1.54, 1.807) is 5.56 Å². The van der Waals surface area contributed by atoms with Crippen LogP contribution in [0.5, 0.6) is 0 Å². The van der Waals surface area contributed by atoms with Crippen molar-refractivity contribution in [1.29, 1.82) is 0 Å². The summed E-state index contributed by atoms with van der Waals surface area (Å²) in [6.45, 7) is 4.67. The molecule has 25 heavy (non-hydrogen) atoms. The minimum Gasteiger partial charge on any atom is -0.0625 e. The van der Waals surface area contributed by atoms with E-state index in [4.69, 9.17) is 0 Å². The molecule has 0 aliphatic heterocycles. The van der Waals surface area contributed by atoms with Crippen LogP contribution in [0.4, 0.5) is 0 Å². The van der Waals surface area contributed by atoms with Crippen LogP contribution in [-0.2, 0) is 6.42 Å². The van der Waals surface area contributed by atoms with E-state index in [1.165, 1.54) is 55.2 Å². The standard InChI is InChI=1S/C25H32/c1-3-19-5-8-20(9-6-19)21-10-12-22(13-11-21)24-15-14-23-16-18(2)4-7-25(23)17-24/h5-6,8-13,18,23-25H,3-4,7,14-17H2,1-2H3/t18?,23-,24-,25-/m1/s1. The first-order valence-electron chi connectivity index (χ1n) is 10.4. The summed E-state index contributed by atoms with van der Waals surface area (Å²) in [4.78, 5) is 0. The van der Waals surface area contributed by atoms with E-state index in [0.29, 0.717) is 0 Å². The van der Waals surface area contributed by atoms with Crippen LogP contribution in [0.2, 0.25) is 0 Å². The lowest BCUT2D eigenvalue weighted by molar-refractivity contribution is 0.124. The minimum atomic E-state index is 0.797. The molecule has 2 aliphatic carbocycles. The van der Waals surface area contributed by atoms with E-state index >= 15 is 0 Å². The summed E-state index contributed by atoms with van der Waals surface area (Å²) in [5.74, 6) is 3.79. The summed E-state index contributed by atoms with van der Waals surface area (Å²) in [5.41, 5.74) is 5.69. The van der Waals surface area contributed by atoms with Gasteiger partial charge in [-0.05, 0) is 84.5 Å². The van der Waals surface area contributed by atoms with Crippen molar-refractivity contribution < 1.29 is 0 Å². The molecule has 0 saturated heterocycles. The van der Waals surface area contributed by atoms with Gasteiger partial charge in [0.05, 0.1) is 0 Å². The SMILES string of the molecule is CCc1ccc(-c2ccc([C@@H]3CC[C@@H]4CC(C)CC[C@@H]4C3)cc2)cc1. The third-order valence-electron chi connectivity index (χ3n) is 6.95. The highest BCUT2D eigenvalue weighted by atomic mass is 14.4. The van der Waals surface area contributed by atoms with E-state index in [2.05, 4.69) is 62.4 Å². The van der Waals surface area contributed by atoms with Gasteiger partial charge in [-0.1, -0.05) is 68.8 Å². The molecule has 0 heteroatoms. The number of rotatable bonds is 3. The number of aryl methyl sites for hydroxylation is 1. The molecule has 0 heterocycles. The molecule has 0 N–H and O–H groups in total. The van der Waals surface area contributed by atoms with Gasteiger partial charge in [0, 0.05) is 0 Å². The van der Waals surface area contributed by atoms with Crippen molar-refractivity contribution in [3.8, 4) is 11.1 Å². The zero-order valence-corrected chi connectivity index (χ0v) is 15.9. The number of fused-ring (bicyclic) bond motifs is 1. The summed E-state index contributed by atoms with van der Waals surface area (Å²) in [5, 5.41) is 0. The lowest BCUT2D eigenvalue weighted by Crippen LogP contribution is -2.29. The van der Waals surface area contributed by atoms with Crippen molar-refractivity contribution in [3.05, 3.63) is 59.7 Å². The Morgan fingerprint density at radius 3 is 2.00 bits per heavy atom. The predicted octanol–water partition coefficient (Wildman–Crippen LogP) is 7.24. The summed E-state index contributed by atoms with van der Waals surface area (Å²) in [6.07, 6.45) is 9.83. The molecule has 2 aromatic carbocycles. The Balaban J connectivity index is 1.45. The molecule has 2 fully saturated rings. The van der Waals surface area contributed by atoms with Crippen LogP contribution in [-0.4, -0.2) is 0 Å². The second kappa shape index (κ2) is 7.36. The van der Waals surface area contributed by atoms with Gasteiger partial charge in [-0.3, -0.25) is 0 Å². The molecule has 2 aliphatic rings. The highest BCUT2D eigenvalue weighted by Crippen LogP contribution is 2.47. The van der Waals surface area contributed by atoms with Gasteiger partial charge in [0.1, 0.15) is 0 Å². The van der Waals surface area contributed by atoms with Crippen molar-refractivity contribution in [2.24, 2.45) is 17.8 Å². The topological polar surface area (TPSA) is 0 Å². The molecule has 0 amide bonds. The van der Waals surface area contributed by atoms with Gasteiger partial charge in [-0.15, -0.1) is 0 Å². The monoisotopic (exact) mass is 332 g/mol. The summed E-state index contributed by atoms with van der Waals surface area (Å²) in [7, 11) is 0. The Morgan fingerprint density at radius 1 is 0.720 bits per heavy atom. The van der Waals surface area contributed by atoms with Gasteiger partial charge >= 0.3 is 0 Å². The van der Waals surface area contributed by atoms with Gasteiger partial charge < -0.3 is 0 Å². The first kappa shape index (κ1) is 16.9. The van der Waals surface area contributed by atoms with Crippen molar-refractivity contribution in [2.45, 2.75) is 64.7 Å². The molecule has 4 atom stereocenters. The van der Waals surface area contributed by atoms with Crippen LogP contribution < -0.4 is 0 Å². The maximum absolute atomic E-state index is 2.45. The molecule has 0 radical (unpaired) electrons. The third-order valence-corrected chi connectivity index (χ3v) is 6.95. The first-order valence-corrected chi connectivity index (χ1v) is 10.4. The van der Waals surface area contributed by atoms with E-state index < -0.39 is 0 Å². The normalized spacial score (nSPS) is 29.2. The van der Waals surface area contributed by atoms with Gasteiger partial charge in [0.25, 0.3) is 0 Å². The zero-order valence-electron chi connectivity index (χ0n) is 15.9. The van der Waals surface area contributed by atoms with Crippen LogP contribution in [0.15, 0.2) is 48.5 Å². The average Bonchev–Trinajstić information content (AvgIpc) is 2.68. The van der Waals surface area contributed by atoms with Crippen molar-refractivity contribution in [3.63, 3.8) is 0 Å². The molecule has 0 spiro atoms. The Labute approximate surface area is 153 Å². The van der Waals surface area contributed by atoms with E-state index in [9.17, 15) is 0 Å². The smallest absolute Gasteiger partial charge is 0.0159 e. The molecule has 2 saturated carbocycles. The van der Waals surface area contributed by atoms with Gasteiger partial charge in [0.2, 0.25) is 0 Å². The fourth-order valence-corrected chi connectivity index (χ4v) is 5.31. The maximum Gasteiger partial charge on any atom is -0.0159 e. The Kier molecular flexibility index (Phi) is 4.97. The highest BCUT2D eigenvalue weighted by molar-refractivity contribution is 5.64. The quantitative estimate of drug-likeness (QED) is 0.556. The maximum atomic E-state index is 2.45. The molecule has 1 unspecified atom stereocenters. The average molecular weight is 333 g/mol. The molecule has 0 nitrogen and oxygen atoms in total. The fraction of sp³-hybridized carbons (Fsp3) is 0.520. The Hall–Kier alpha value is -1.56. The minimum absolute atomic E-state index is 0.797. The van der Waals surface area contributed by atoms with Crippen LogP contribution in [0.25, 0.3) is 11.1 Å². The summed E-state index contributed by atoms with van der Waals surface area (Å²) >= 11 is 0. The van der Waals surface area contributed by atoms with Crippen molar-refractivity contribution in [1.82, 2.24) is 0 Å². The molecule has 2 aromatic rings. The highest BCUT2D eigenvalue weighted by Gasteiger charge is 2.34. The van der Waals surface area contributed by atoms with Crippen LogP contribution >= 0.6 is 0 Å². The fourth-order valence-electron chi connectivity index (χ4n) is 5.31. The van der Waals surface area contributed by atoms with Crippen molar-refractivity contribution >= 4 is 0 Å². The predicted molar refractivity (Wildman–Crippen MR) is 108 cm³/mol. The molecule has 132 valence electrons. The van der Waals surface area contributed by atoms with E-state index in [0.717, 1.165) is 30.1 Å². The van der Waals surface area contributed by atoms with Gasteiger partial charge in [-0.2, -0.15) is 0 Å². The van der Waals surface area contributed by atoms with E-state index in [1.807, 2.05) is 0 Å². The summed E-state index contributed by atoms with van der Waals surface area (Å²) in [6, 6.07) is 18.5. The zero-order chi connectivity index (χ0) is 17.2. The second-order valence-electron chi connectivity index (χ2n) is 8.62. The van der Waals surface area contributed by atoms with Gasteiger partial charge in [0.15, 0.2) is 0 Å². The number of hydrogen-bond donors (Lipinski definition) is 0. The summed E-state index contributed by atoms with van der Waals surface area (Å²) < 4.78 is 0. The van der Waals surface area contributed by atoms with Crippen LogP contribution in [0.3, 0.4) is 0 Å². The van der Waals surface area contributed by atoms with E-state index in [-0.39, 0.29) is 0 Å². The van der Waals surface area contributed by atoms with Crippen molar-refractivity contribution in [2.75, 3.05) is 0 Å². The van der Waals surface area contributed by atoms with Crippen LogP contribution in [0.1, 0.15) is 69.4 Å². The number of hydrogen-bond acceptors (Lipinski definition) is 0. The molecular formula is C25H32. The van der Waals surface area contributed by atoms with Crippen LogP contribution in [0, 0.1) is 17.8 Å². The Bertz CT molecular complexity index is 679. The molecular weight excluding hydrogens is 300 g/mol. The third kappa shape index (κ3) is 3.68. The molecule has 0 aromatic heterocycles. The Morgan fingerprint density at radius 2 is 1.32 bits per heavy atom.